The number of H-pyrrole nitrogens is 1. The predicted octanol–water partition coefficient (Wildman–Crippen LogP) is 2.96. The molecule has 1 aromatic carbocycles. The second kappa shape index (κ2) is 5.24. The topological polar surface area (TPSA) is 67.0 Å². The lowest BCUT2D eigenvalue weighted by molar-refractivity contribution is 0.102. The largest absolute Gasteiger partial charge is 0.497 e. The molecular weight excluding hydrogens is 273 g/mol. The number of hydrogen-bond donors (Lipinski definition) is 2. The predicted molar refractivity (Wildman–Crippen MR) is 77.0 cm³/mol. The molecule has 106 valence electrons. The molecule has 2 aromatic heterocycles. The maximum atomic E-state index is 13.8. The van der Waals surface area contributed by atoms with Gasteiger partial charge in [0.05, 0.1) is 12.8 Å². The SMILES string of the molecule is COc1ccc(NC(=O)c2cc3cccnc3[nH]2)c(F)c1. The number of aromatic amines is 1. The smallest absolute Gasteiger partial charge is 0.272 e. The van der Waals surface area contributed by atoms with Crippen molar-refractivity contribution in [2.24, 2.45) is 0 Å². The number of benzene rings is 1. The Bertz CT molecular complexity index is 781. The number of anilines is 1. The van der Waals surface area contributed by atoms with Crippen LogP contribution in [0.25, 0.3) is 11.0 Å². The van der Waals surface area contributed by atoms with Gasteiger partial charge in [0, 0.05) is 17.6 Å². The minimum atomic E-state index is -0.558. The minimum absolute atomic E-state index is 0.0902. The summed E-state index contributed by atoms with van der Waals surface area (Å²) in [7, 11) is 1.45. The summed E-state index contributed by atoms with van der Waals surface area (Å²) in [5.74, 6) is -0.602. The molecule has 0 radical (unpaired) electrons. The molecule has 0 aliphatic rings. The van der Waals surface area contributed by atoms with Gasteiger partial charge in [-0.15, -0.1) is 0 Å². The monoisotopic (exact) mass is 285 g/mol. The minimum Gasteiger partial charge on any atom is -0.497 e. The van der Waals surface area contributed by atoms with Crippen LogP contribution in [0.15, 0.2) is 42.6 Å². The Morgan fingerprint density at radius 2 is 2.19 bits per heavy atom. The lowest BCUT2D eigenvalue weighted by Crippen LogP contribution is -2.13. The third kappa shape index (κ3) is 2.55. The number of ether oxygens (including phenoxy) is 1. The second-order valence-electron chi connectivity index (χ2n) is 4.42. The van der Waals surface area contributed by atoms with Gasteiger partial charge in [0.2, 0.25) is 0 Å². The molecule has 0 bridgehead atoms. The van der Waals surface area contributed by atoms with Gasteiger partial charge in [-0.05, 0) is 30.3 Å². The van der Waals surface area contributed by atoms with Crippen LogP contribution in [0.4, 0.5) is 10.1 Å². The fraction of sp³-hybridized carbons (Fsp3) is 0.0667. The van der Waals surface area contributed by atoms with Crippen LogP contribution in [0.3, 0.4) is 0 Å². The van der Waals surface area contributed by atoms with Crippen molar-refractivity contribution in [2.75, 3.05) is 12.4 Å². The Morgan fingerprint density at radius 1 is 1.33 bits per heavy atom. The maximum absolute atomic E-state index is 13.8. The van der Waals surface area contributed by atoms with E-state index in [1.165, 1.54) is 19.2 Å². The molecule has 2 heterocycles. The Kier molecular flexibility index (Phi) is 3.27. The van der Waals surface area contributed by atoms with Crippen molar-refractivity contribution in [3.63, 3.8) is 0 Å². The van der Waals surface area contributed by atoms with Crippen molar-refractivity contribution >= 4 is 22.6 Å². The normalized spacial score (nSPS) is 10.6. The van der Waals surface area contributed by atoms with Crippen LogP contribution in [-0.4, -0.2) is 23.0 Å². The van der Waals surface area contributed by atoms with Crippen LogP contribution in [0, 0.1) is 5.82 Å². The average molecular weight is 285 g/mol. The van der Waals surface area contributed by atoms with Gasteiger partial charge in [-0.3, -0.25) is 4.79 Å². The fourth-order valence-electron chi connectivity index (χ4n) is 1.99. The number of nitrogens with zero attached hydrogens (tertiary/aromatic N) is 1. The molecule has 21 heavy (non-hydrogen) atoms. The molecule has 0 spiro atoms. The zero-order chi connectivity index (χ0) is 14.8. The highest BCUT2D eigenvalue weighted by molar-refractivity contribution is 6.05. The molecule has 3 aromatic rings. The van der Waals surface area contributed by atoms with Gasteiger partial charge < -0.3 is 15.0 Å². The van der Waals surface area contributed by atoms with E-state index in [0.29, 0.717) is 17.1 Å². The number of aromatic nitrogens is 2. The molecule has 0 aliphatic carbocycles. The number of amides is 1. The second-order valence-corrected chi connectivity index (χ2v) is 4.42. The van der Waals surface area contributed by atoms with E-state index >= 15 is 0 Å². The van der Waals surface area contributed by atoms with Gasteiger partial charge >= 0.3 is 0 Å². The first-order chi connectivity index (χ1) is 10.2. The molecule has 0 aliphatic heterocycles. The quantitative estimate of drug-likeness (QED) is 0.777. The van der Waals surface area contributed by atoms with Crippen LogP contribution in [0.1, 0.15) is 10.5 Å². The Labute approximate surface area is 119 Å². The molecule has 0 fully saturated rings. The molecular formula is C15H12FN3O2. The highest BCUT2D eigenvalue weighted by Gasteiger charge is 2.12. The highest BCUT2D eigenvalue weighted by Crippen LogP contribution is 2.21. The van der Waals surface area contributed by atoms with Crippen molar-refractivity contribution in [3.8, 4) is 5.75 Å². The summed E-state index contributed by atoms with van der Waals surface area (Å²) in [5, 5.41) is 3.33. The molecule has 0 unspecified atom stereocenters. The van der Waals surface area contributed by atoms with E-state index in [1.54, 1.807) is 24.4 Å². The molecule has 0 saturated heterocycles. The molecule has 5 nitrogen and oxygen atoms in total. The first-order valence-corrected chi connectivity index (χ1v) is 6.26. The number of nitrogens with one attached hydrogen (secondary N) is 2. The molecule has 6 heteroatoms. The Hall–Kier alpha value is -2.89. The summed E-state index contributed by atoms with van der Waals surface area (Å²) in [6, 6.07) is 9.52. The number of rotatable bonds is 3. The highest BCUT2D eigenvalue weighted by atomic mass is 19.1. The van der Waals surface area contributed by atoms with E-state index in [-0.39, 0.29) is 5.69 Å². The number of carbonyl (C=O) groups is 1. The van der Waals surface area contributed by atoms with Gasteiger partial charge in [-0.2, -0.15) is 0 Å². The van der Waals surface area contributed by atoms with Crippen molar-refractivity contribution < 1.29 is 13.9 Å². The standard InChI is InChI=1S/C15H12FN3O2/c1-21-10-4-5-12(11(16)8-10)19-15(20)13-7-9-3-2-6-17-14(9)18-13/h2-8H,1H3,(H,17,18)(H,19,20). The third-order valence-electron chi connectivity index (χ3n) is 3.06. The summed E-state index contributed by atoms with van der Waals surface area (Å²) in [6.45, 7) is 0. The van der Waals surface area contributed by atoms with E-state index in [0.717, 1.165) is 5.39 Å². The maximum Gasteiger partial charge on any atom is 0.272 e. The van der Waals surface area contributed by atoms with Crippen molar-refractivity contribution in [2.45, 2.75) is 0 Å². The summed E-state index contributed by atoms with van der Waals surface area (Å²) in [4.78, 5) is 19.1. The van der Waals surface area contributed by atoms with E-state index in [1.807, 2.05) is 6.07 Å². The van der Waals surface area contributed by atoms with Gasteiger partial charge in [-0.1, -0.05) is 0 Å². The van der Waals surface area contributed by atoms with E-state index in [2.05, 4.69) is 15.3 Å². The summed E-state index contributed by atoms with van der Waals surface area (Å²) in [5.41, 5.74) is 1.02. The van der Waals surface area contributed by atoms with Crippen molar-refractivity contribution in [1.29, 1.82) is 0 Å². The lowest BCUT2D eigenvalue weighted by Gasteiger charge is -2.06. The fourth-order valence-corrected chi connectivity index (χ4v) is 1.99. The van der Waals surface area contributed by atoms with E-state index in [9.17, 15) is 9.18 Å². The molecule has 3 rings (SSSR count). The van der Waals surface area contributed by atoms with Gasteiger partial charge in [0.25, 0.3) is 5.91 Å². The lowest BCUT2D eigenvalue weighted by atomic mass is 10.2. The molecule has 0 atom stereocenters. The van der Waals surface area contributed by atoms with Gasteiger partial charge in [-0.25, -0.2) is 9.37 Å². The number of hydrogen-bond acceptors (Lipinski definition) is 3. The van der Waals surface area contributed by atoms with E-state index < -0.39 is 11.7 Å². The number of halogens is 1. The van der Waals surface area contributed by atoms with Gasteiger partial charge in [0.15, 0.2) is 0 Å². The summed E-state index contributed by atoms with van der Waals surface area (Å²) < 4.78 is 18.7. The van der Waals surface area contributed by atoms with Crippen LogP contribution >= 0.6 is 0 Å². The van der Waals surface area contributed by atoms with E-state index in [4.69, 9.17) is 4.74 Å². The van der Waals surface area contributed by atoms with Crippen LogP contribution in [-0.2, 0) is 0 Å². The first-order valence-electron chi connectivity index (χ1n) is 6.26. The summed E-state index contributed by atoms with van der Waals surface area (Å²) >= 11 is 0. The Morgan fingerprint density at radius 3 is 2.90 bits per heavy atom. The van der Waals surface area contributed by atoms with Crippen molar-refractivity contribution in [1.82, 2.24) is 9.97 Å². The number of pyridine rings is 1. The first kappa shape index (κ1) is 13.1. The van der Waals surface area contributed by atoms with Crippen LogP contribution < -0.4 is 10.1 Å². The Balaban J connectivity index is 1.85. The summed E-state index contributed by atoms with van der Waals surface area (Å²) in [6.07, 6.45) is 1.63. The number of fused-ring (bicyclic) bond motifs is 1. The molecule has 1 amide bonds. The van der Waals surface area contributed by atoms with Crippen LogP contribution in [0.5, 0.6) is 5.75 Å². The van der Waals surface area contributed by atoms with Crippen molar-refractivity contribution in [3.05, 3.63) is 54.1 Å². The zero-order valence-corrected chi connectivity index (χ0v) is 11.2. The molecule has 2 N–H and O–H groups in total. The van der Waals surface area contributed by atoms with Crippen LogP contribution in [0.2, 0.25) is 0 Å². The third-order valence-corrected chi connectivity index (χ3v) is 3.06. The number of carbonyl (C=O) groups excluding carboxylic acids is 1. The number of methoxy groups -OCH3 is 1. The zero-order valence-electron chi connectivity index (χ0n) is 11.2. The molecule has 0 saturated carbocycles. The van der Waals surface area contributed by atoms with Gasteiger partial charge in [0.1, 0.15) is 22.9 Å². The average Bonchev–Trinajstić information content (AvgIpc) is 2.93.